The minimum Gasteiger partial charge on any atom is -0.484 e. The fourth-order valence-electron chi connectivity index (χ4n) is 2.25. The van der Waals surface area contributed by atoms with E-state index in [9.17, 15) is 0 Å². The predicted molar refractivity (Wildman–Crippen MR) is 85.4 cm³/mol. The minimum atomic E-state index is -0.200. The van der Waals surface area contributed by atoms with Crippen molar-refractivity contribution in [3.05, 3.63) is 47.8 Å². The van der Waals surface area contributed by atoms with Crippen molar-refractivity contribution in [1.29, 1.82) is 0 Å². The zero-order valence-corrected chi connectivity index (χ0v) is 13.5. The molecule has 0 aliphatic heterocycles. The average Bonchev–Trinajstić information content (AvgIpc) is 2.81. The number of hydrogen-bond acceptors (Lipinski definition) is 3. The predicted octanol–water partition coefficient (Wildman–Crippen LogP) is 3.18. The Balaban J connectivity index is 2.26. The molecule has 114 valence electrons. The van der Waals surface area contributed by atoms with Gasteiger partial charge in [0.25, 0.3) is 0 Å². The number of ether oxygens (including phenoxy) is 1. The Hall–Kier alpha value is -1.81. The minimum absolute atomic E-state index is 0.0947. The first-order chi connectivity index (χ1) is 9.77. The summed E-state index contributed by atoms with van der Waals surface area (Å²) >= 11 is 0. The summed E-state index contributed by atoms with van der Waals surface area (Å²) in [5, 5.41) is 4.20. The Kier molecular flexibility index (Phi) is 4.37. The number of rotatable bonds is 4. The van der Waals surface area contributed by atoms with Crippen molar-refractivity contribution in [3.63, 3.8) is 0 Å². The monoisotopic (exact) mass is 287 g/mol. The van der Waals surface area contributed by atoms with E-state index in [1.807, 2.05) is 38.5 Å². The van der Waals surface area contributed by atoms with E-state index >= 15 is 0 Å². The Morgan fingerprint density at radius 3 is 2.52 bits per heavy atom. The van der Waals surface area contributed by atoms with Crippen molar-refractivity contribution in [2.75, 3.05) is 0 Å². The van der Waals surface area contributed by atoms with Crippen LogP contribution in [0.5, 0.6) is 5.75 Å². The highest BCUT2D eigenvalue weighted by Gasteiger charge is 2.21. The van der Waals surface area contributed by atoms with Crippen molar-refractivity contribution in [3.8, 4) is 5.75 Å². The number of aromatic nitrogens is 2. The molecule has 1 aromatic carbocycles. The van der Waals surface area contributed by atoms with Crippen LogP contribution in [-0.4, -0.2) is 15.8 Å². The topological polar surface area (TPSA) is 53.1 Å². The summed E-state index contributed by atoms with van der Waals surface area (Å²) < 4.78 is 7.90. The van der Waals surface area contributed by atoms with Crippen LogP contribution in [0.2, 0.25) is 0 Å². The molecule has 4 heteroatoms. The molecule has 0 saturated heterocycles. The molecule has 0 spiro atoms. The van der Waals surface area contributed by atoms with Gasteiger partial charge in [-0.15, -0.1) is 0 Å². The molecule has 2 atom stereocenters. The molecule has 2 N–H and O–H groups in total. The summed E-state index contributed by atoms with van der Waals surface area (Å²) in [6.07, 6.45) is 3.55. The molecule has 0 aliphatic carbocycles. The van der Waals surface area contributed by atoms with Crippen molar-refractivity contribution >= 4 is 0 Å². The van der Waals surface area contributed by atoms with Gasteiger partial charge in [-0.1, -0.05) is 32.9 Å². The molecule has 2 unspecified atom stereocenters. The molecule has 1 heterocycles. The highest BCUT2D eigenvalue weighted by atomic mass is 16.5. The fraction of sp³-hybridized carbons (Fsp3) is 0.471. The van der Waals surface area contributed by atoms with Gasteiger partial charge in [-0.25, -0.2) is 0 Å². The lowest BCUT2D eigenvalue weighted by Crippen LogP contribution is -2.28. The summed E-state index contributed by atoms with van der Waals surface area (Å²) in [6, 6.07) is 8.09. The molecule has 0 fully saturated rings. The molecule has 0 radical (unpaired) electrons. The van der Waals surface area contributed by atoms with E-state index in [2.05, 4.69) is 38.0 Å². The van der Waals surface area contributed by atoms with Gasteiger partial charge in [-0.2, -0.15) is 5.10 Å². The van der Waals surface area contributed by atoms with Crippen molar-refractivity contribution in [2.45, 2.75) is 45.3 Å². The van der Waals surface area contributed by atoms with Crippen LogP contribution >= 0.6 is 0 Å². The molecule has 2 aromatic rings. The summed E-state index contributed by atoms with van der Waals surface area (Å²) in [5.41, 5.74) is 8.42. The van der Waals surface area contributed by atoms with Crippen molar-refractivity contribution < 1.29 is 4.74 Å². The highest BCUT2D eigenvalue weighted by Crippen LogP contribution is 2.29. The van der Waals surface area contributed by atoms with E-state index in [0.717, 1.165) is 11.3 Å². The van der Waals surface area contributed by atoms with Crippen LogP contribution in [0, 0.1) is 0 Å². The Morgan fingerprint density at radius 1 is 1.29 bits per heavy atom. The van der Waals surface area contributed by atoms with Gasteiger partial charge in [0.05, 0.1) is 6.20 Å². The lowest BCUT2D eigenvalue weighted by molar-refractivity contribution is 0.180. The van der Waals surface area contributed by atoms with Crippen LogP contribution < -0.4 is 10.5 Å². The Labute approximate surface area is 126 Å². The summed E-state index contributed by atoms with van der Waals surface area (Å²) in [5.74, 6) is 0.841. The van der Waals surface area contributed by atoms with Crippen LogP contribution in [0.1, 0.15) is 44.9 Å². The average molecular weight is 287 g/mol. The third-order valence-electron chi connectivity index (χ3n) is 3.49. The Bertz CT molecular complexity index is 596. The van der Waals surface area contributed by atoms with Crippen LogP contribution in [0.3, 0.4) is 0 Å². The zero-order chi connectivity index (χ0) is 15.6. The van der Waals surface area contributed by atoms with Gasteiger partial charge in [-0.05, 0) is 30.0 Å². The largest absolute Gasteiger partial charge is 0.484 e. The number of nitrogens with zero attached hydrogens (tertiary/aromatic N) is 2. The lowest BCUT2D eigenvalue weighted by Gasteiger charge is -2.24. The van der Waals surface area contributed by atoms with Crippen LogP contribution in [0.25, 0.3) is 0 Å². The maximum absolute atomic E-state index is 6.13. The first-order valence-electron chi connectivity index (χ1n) is 7.28. The Morgan fingerprint density at radius 2 is 2.00 bits per heavy atom. The highest BCUT2D eigenvalue weighted by molar-refractivity contribution is 5.33. The molecule has 0 amide bonds. The smallest absolute Gasteiger partial charge is 0.141 e. The van der Waals surface area contributed by atoms with Gasteiger partial charge in [0.15, 0.2) is 0 Å². The maximum atomic E-state index is 6.13. The van der Waals surface area contributed by atoms with Crippen LogP contribution in [0.4, 0.5) is 0 Å². The van der Waals surface area contributed by atoms with Crippen molar-refractivity contribution in [2.24, 2.45) is 12.8 Å². The van der Waals surface area contributed by atoms with Crippen LogP contribution in [0.15, 0.2) is 36.7 Å². The molecule has 0 bridgehead atoms. The molecule has 21 heavy (non-hydrogen) atoms. The van der Waals surface area contributed by atoms with E-state index in [1.165, 1.54) is 5.56 Å². The van der Waals surface area contributed by atoms with Crippen LogP contribution in [-0.2, 0) is 12.5 Å². The third kappa shape index (κ3) is 3.85. The summed E-state index contributed by atoms with van der Waals surface area (Å²) in [7, 11) is 1.89. The molecular formula is C17H25N3O. The third-order valence-corrected chi connectivity index (χ3v) is 3.49. The first kappa shape index (κ1) is 15.6. The van der Waals surface area contributed by atoms with Gasteiger partial charge in [-0.3, -0.25) is 4.68 Å². The summed E-state index contributed by atoms with van der Waals surface area (Å²) in [4.78, 5) is 0. The van der Waals surface area contributed by atoms with E-state index in [4.69, 9.17) is 10.5 Å². The maximum Gasteiger partial charge on any atom is 0.141 e. The van der Waals surface area contributed by atoms with E-state index in [0.29, 0.717) is 0 Å². The molecule has 1 aromatic heterocycles. The molecule has 0 saturated carbocycles. The summed E-state index contributed by atoms with van der Waals surface area (Å²) in [6.45, 7) is 8.52. The SMILES string of the molecule is CC(N)C(Oc1cccc(C(C)(C)C)c1)c1cnn(C)c1. The van der Waals surface area contributed by atoms with Crippen molar-refractivity contribution in [1.82, 2.24) is 9.78 Å². The molecule has 2 rings (SSSR count). The zero-order valence-electron chi connectivity index (χ0n) is 13.5. The fourth-order valence-corrected chi connectivity index (χ4v) is 2.25. The normalized spacial score (nSPS) is 14.8. The first-order valence-corrected chi connectivity index (χ1v) is 7.28. The van der Waals surface area contributed by atoms with E-state index in [-0.39, 0.29) is 17.6 Å². The lowest BCUT2D eigenvalue weighted by atomic mass is 9.87. The molecule has 0 aliphatic rings. The number of hydrogen-bond donors (Lipinski definition) is 1. The second kappa shape index (κ2) is 5.90. The van der Waals surface area contributed by atoms with Gasteiger partial charge in [0.1, 0.15) is 11.9 Å². The number of aryl methyl sites for hydroxylation is 1. The van der Waals surface area contributed by atoms with Gasteiger partial charge >= 0.3 is 0 Å². The van der Waals surface area contributed by atoms with E-state index in [1.54, 1.807) is 4.68 Å². The van der Waals surface area contributed by atoms with Gasteiger partial charge in [0, 0.05) is 24.8 Å². The van der Waals surface area contributed by atoms with Gasteiger partial charge in [0.2, 0.25) is 0 Å². The second-order valence-corrected chi connectivity index (χ2v) is 6.62. The molecular weight excluding hydrogens is 262 g/mol. The number of nitrogens with two attached hydrogens (primary N) is 1. The quantitative estimate of drug-likeness (QED) is 0.939. The van der Waals surface area contributed by atoms with Gasteiger partial charge < -0.3 is 10.5 Å². The number of benzene rings is 1. The van der Waals surface area contributed by atoms with E-state index < -0.39 is 0 Å². The second-order valence-electron chi connectivity index (χ2n) is 6.62. The standard InChI is InChI=1S/C17H25N3O/c1-12(18)16(13-10-19-20(5)11-13)21-15-8-6-7-14(9-15)17(2,3)4/h6-12,16H,18H2,1-5H3. The molecule has 4 nitrogen and oxygen atoms in total.